The fourth-order valence-corrected chi connectivity index (χ4v) is 2.04. The van der Waals surface area contributed by atoms with Gasteiger partial charge in [-0.05, 0) is 13.0 Å². The molecule has 0 unspecified atom stereocenters. The van der Waals surface area contributed by atoms with Gasteiger partial charge in [0.1, 0.15) is 5.69 Å². The van der Waals surface area contributed by atoms with Gasteiger partial charge in [-0.1, -0.05) is 0 Å². The molecule has 0 spiro atoms. The highest BCUT2D eigenvalue weighted by atomic mass is 32.1. The zero-order chi connectivity index (χ0) is 11.0. The maximum atomic E-state index is 10.8. The Balaban J connectivity index is 2.46. The van der Waals surface area contributed by atoms with Crippen LogP contribution in [0.4, 0.5) is 0 Å². The topological polar surface area (TPSA) is 55.1 Å². The first-order valence-electron chi connectivity index (χ1n) is 4.40. The number of hydrogen-bond acceptors (Lipinski definition) is 3. The van der Waals surface area contributed by atoms with Crippen molar-refractivity contribution in [3.05, 3.63) is 28.3 Å². The van der Waals surface area contributed by atoms with Crippen molar-refractivity contribution in [1.29, 1.82) is 0 Å². The van der Waals surface area contributed by atoms with E-state index in [9.17, 15) is 4.79 Å². The smallest absolute Gasteiger partial charge is 0.352 e. The summed E-state index contributed by atoms with van der Waals surface area (Å²) in [6, 6.07) is 1.64. The molecule has 0 amide bonds. The third-order valence-electron chi connectivity index (χ3n) is 2.14. The monoisotopic (exact) mass is 222 g/mol. The van der Waals surface area contributed by atoms with Crippen LogP contribution in [-0.2, 0) is 7.05 Å². The van der Waals surface area contributed by atoms with Gasteiger partial charge in [0.2, 0.25) is 0 Å². The number of carbonyl (C=O) groups is 1. The van der Waals surface area contributed by atoms with Crippen molar-refractivity contribution >= 4 is 17.3 Å². The molecule has 0 atom stereocenters. The van der Waals surface area contributed by atoms with Gasteiger partial charge in [0.15, 0.2) is 0 Å². The van der Waals surface area contributed by atoms with E-state index < -0.39 is 5.97 Å². The molecular formula is C10H10N2O2S. The highest BCUT2D eigenvalue weighted by Crippen LogP contribution is 2.23. The Morgan fingerprint density at radius 1 is 1.60 bits per heavy atom. The van der Waals surface area contributed by atoms with Gasteiger partial charge in [0.25, 0.3) is 0 Å². The second kappa shape index (κ2) is 3.51. The summed E-state index contributed by atoms with van der Waals surface area (Å²) in [6.45, 7) is 1.93. The number of aryl methyl sites for hydroxylation is 2. The molecule has 5 heteroatoms. The summed E-state index contributed by atoms with van der Waals surface area (Å²) in [5.74, 6) is -0.921. The fourth-order valence-electron chi connectivity index (χ4n) is 1.41. The van der Waals surface area contributed by atoms with Gasteiger partial charge in [0.05, 0.1) is 10.7 Å². The van der Waals surface area contributed by atoms with E-state index in [0.717, 1.165) is 16.3 Å². The molecular weight excluding hydrogens is 212 g/mol. The third kappa shape index (κ3) is 1.78. The van der Waals surface area contributed by atoms with Crippen molar-refractivity contribution in [1.82, 2.24) is 9.55 Å². The molecule has 0 bridgehead atoms. The molecule has 0 fully saturated rings. The minimum absolute atomic E-state index is 0.274. The Bertz CT molecular complexity index is 513. The molecule has 2 heterocycles. The van der Waals surface area contributed by atoms with Crippen molar-refractivity contribution in [2.24, 2.45) is 7.05 Å². The number of aromatic carboxylic acids is 1. The lowest BCUT2D eigenvalue weighted by Crippen LogP contribution is -2.02. The van der Waals surface area contributed by atoms with Crippen molar-refractivity contribution in [3.8, 4) is 11.3 Å². The molecule has 78 valence electrons. The van der Waals surface area contributed by atoms with E-state index in [1.54, 1.807) is 35.2 Å². The van der Waals surface area contributed by atoms with Crippen LogP contribution >= 0.6 is 11.3 Å². The minimum atomic E-state index is -0.921. The fraction of sp³-hybridized carbons (Fsp3) is 0.200. The number of thiazole rings is 1. The van der Waals surface area contributed by atoms with E-state index in [1.807, 2.05) is 12.3 Å². The van der Waals surface area contributed by atoms with E-state index >= 15 is 0 Å². The summed E-state index contributed by atoms with van der Waals surface area (Å²) in [4.78, 5) is 15.1. The van der Waals surface area contributed by atoms with Gasteiger partial charge in [-0.15, -0.1) is 11.3 Å². The van der Waals surface area contributed by atoms with E-state index in [-0.39, 0.29) is 5.69 Å². The zero-order valence-electron chi connectivity index (χ0n) is 8.39. The van der Waals surface area contributed by atoms with Crippen molar-refractivity contribution < 1.29 is 9.90 Å². The molecule has 2 aromatic rings. The molecule has 15 heavy (non-hydrogen) atoms. The third-order valence-corrected chi connectivity index (χ3v) is 2.91. The number of rotatable bonds is 2. The van der Waals surface area contributed by atoms with Gasteiger partial charge < -0.3 is 9.67 Å². The van der Waals surface area contributed by atoms with Gasteiger partial charge >= 0.3 is 5.97 Å². The SMILES string of the molecule is Cc1nc(-c2cc(C(=O)O)n(C)c2)cs1. The predicted octanol–water partition coefficient (Wildman–Crippen LogP) is 2.16. The highest BCUT2D eigenvalue weighted by molar-refractivity contribution is 7.09. The average molecular weight is 222 g/mol. The number of nitrogens with zero attached hydrogens (tertiary/aromatic N) is 2. The maximum Gasteiger partial charge on any atom is 0.352 e. The lowest BCUT2D eigenvalue weighted by Gasteiger charge is -1.93. The summed E-state index contributed by atoms with van der Waals surface area (Å²) in [6.07, 6.45) is 1.78. The normalized spacial score (nSPS) is 10.5. The molecule has 0 aliphatic heterocycles. The molecule has 0 aliphatic rings. The van der Waals surface area contributed by atoms with Gasteiger partial charge in [-0.2, -0.15) is 0 Å². The molecule has 0 radical (unpaired) electrons. The molecule has 0 saturated carbocycles. The first-order valence-corrected chi connectivity index (χ1v) is 5.28. The summed E-state index contributed by atoms with van der Waals surface area (Å²) in [5.41, 5.74) is 1.95. The van der Waals surface area contributed by atoms with Crippen LogP contribution < -0.4 is 0 Å². The molecule has 0 aliphatic carbocycles. The standard InChI is InChI=1S/C10H10N2O2S/c1-6-11-8(5-15-6)7-3-9(10(13)14)12(2)4-7/h3-5H,1-2H3,(H,13,14). The van der Waals surface area contributed by atoms with Crippen LogP contribution in [-0.4, -0.2) is 20.6 Å². The minimum Gasteiger partial charge on any atom is -0.477 e. The van der Waals surface area contributed by atoms with E-state index in [4.69, 9.17) is 5.11 Å². The van der Waals surface area contributed by atoms with Gasteiger partial charge in [-0.25, -0.2) is 9.78 Å². The first-order chi connectivity index (χ1) is 7.08. The molecule has 2 rings (SSSR count). The van der Waals surface area contributed by atoms with Crippen molar-refractivity contribution in [3.63, 3.8) is 0 Å². The predicted molar refractivity (Wildman–Crippen MR) is 58.2 cm³/mol. The summed E-state index contributed by atoms with van der Waals surface area (Å²) in [5, 5.41) is 11.8. The number of aromatic nitrogens is 2. The van der Waals surface area contributed by atoms with Crippen LogP contribution in [0.2, 0.25) is 0 Å². The highest BCUT2D eigenvalue weighted by Gasteiger charge is 2.12. The second-order valence-electron chi connectivity index (χ2n) is 3.28. The molecule has 1 N–H and O–H groups in total. The Labute approximate surface area is 90.8 Å². The van der Waals surface area contributed by atoms with Gasteiger partial charge in [0, 0.05) is 24.2 Å². The number of hydrogen-bond donors (Lipinski definition) is 1. The van der Waals surface area contributed by atoms with Crippen LogP contribution in [0.15, 0.2) is 17.6 Å². The summed E-state index contributed by atoms with van der Waals surface area (Å²) < 4.78 is 1.59. The Morgan fingerprint density at radius 3 is 2.80 bits per heavy atom. The van der Waals surface area contributed by atoms with Crippen molar-refractivity contribution in [2.75, 3.05) is 0 Å². The van der Waals surface area contributed by atoms with Crippen LogP contribution in [0.3, 0.4) is 0 Å². The molecule has 0 aromatic carbocycles. The maximum absolute atomic E-state index is 10.8. The van der Waals surface area contributed by atoms with Crippen molar-refractivity contribution in [2.45, 2.75) is 6.92 Å². The van der Waals surface area contributed by atoms with Crippen LogP contribution in [0.5, 0.6) is 0 Å². The number of carboxylic acids is 1. The Kier molecular flexibility index (Phi) is 2.32. The van der Waals surface area contributed by atoms with Gasteiger partial charge in [-0.3, -0.25) is 0 Å². The largest absolute Gasteiger partial charge is 0.477 e. The number of carboxylic acid groups (broad SMARTS) is 1. The van der Waals surface area contributed by atoms with E-state index in [2.05, 4.69) is 4.98 Å². The van der Waals surface area contributed by atoms with Crippen LogP contribution in [0, 0.1) is 6.92 Å². The summed E-state index contributed by atoms with van der Waals surface area (Å²) in [7, 11) is 1.71. The lowest BCUT2D eigenvalue weighted by atomic mass is 10.2. The Morgan fingerprint density at radius 2 is 2.33 bits per heavy atom. The summed E-state index contributed by atoms with van der Waals surface area (Å²) >= 11 is 1.55. The van der Waals surface area contributed by atoms with E-state index in [0.29, 0.717) is 0 Å². The quantitative estimate of drug-likeness (QED) is 0.847. The van der Waals surface area contributed by atoms with Crippen LogP contribution in [0.25, 0.3) is 11.3 Å². The molecule has 0 saturated heterocycles. The first kappa shape index (κ1) is 9.92. The van der Waals surface area contributed by atoms with E-state index in [1.165, 1.54) is 0 Å². The zero-order valence-corrected chi connectivity index (χ0v) is 9.21. The second-order valence-corrected chi connectivity index (χ2v) is 4.34. The lowest BCUT2D eigenvalue weighted by molar-refractivity contribution is 0.0686. The molecule has 2 aromatic heterocycles. The molecule has 4 nitrogen and oxygen atoms in total. The average Bonchev–Trinajstić information content (AvgIpc) is 2.71. The Hall–Kier alpha value is -1.62. The van der Waals surface area contributed by atoms with Crippen LogP contribution in [0.1, 0.15) is 15.5 Å².